The van der Waals surface area contributed by atoms with Gasteiger partial charge in [0.25, 0.3) is 0 Å². The maximum Gasteiger partial charge on any atom is 0.323 e. The van der Waals surface area contributed by atoms with Crippen LogP contribution in [0, 0.1) is 6.92 Å². The van der Waals surface area contributed by atoms with Crippen LogP contribution < -0.4 is 0 Å². The van der Waals surface area contributed by atoms with E-state index in [0.717, 1.165) is 0 Å². The number of halogens is 1. The first kappa shape index (κ1) is 10.7. The summed E-state index contributed by atoms with van der Waals surface area (Å²) >= 11 is 5.41. The summed E-state index contributed by atoms with van der Waals surface area (Å²) in [6.07, 6.45) is 0. The Morgan fingerprint density at radius 3 is 2.73 bits per heavy atom. The number of hydrogen-bond acceptors (Lipinski definition) is 3. The first-order valence-electron chi connectivity index (χ1n) is 3.36. The van der Waals surface area contributed by atoms with Crippen molar-refractivity contribution in [2.45, 2.75) is 12.3 Å². The third kappa shape index (κ3) is 6.13. The third-order valence-electron chi connectivity index (χ3n) is 0.941. The molecule has 0 aromatic carbocycles. The van der Waals surface area contributed by atoms with Crippen LogP contribution in [0.1, 0.15) is 6.92 Å². The summed E-state index contributed by atoms with van der Waals surface area (Å²) in [6.45, 7) is 6.01. The van der Waals surface area contributed by atoms with Crippen molar-refractivity contribution in [3.63, 3.8) is 0 Å². The van der Waals surface area contributed by atoms with Gasteiger partial charge in [-0.15, -0.1) is 11.6 Å². The quantitative estimate of drug-likeness (QED) is 0.359. The molecule has 0 spiro atoms. The summed E-state index contributed by atoms with van der Waals surface area (Å²) < 4.78 is 9.51. The predicted octanol–water partition coefficient (Wildman–Crippen LogP) is 1.01. The van der Waals surface area contributed by atoms with E-state index in [0.29, 0.717) is 13.2 Å². The Morgan fingerprint density at radius 2 is 2.27 bits per heavy atom. The summed E-state index contributed by atoms with van der Waals surface area (Å²) in [7, 11) is 0. The van der Waals surface area contributed by atoms with Gasteiger partial charge in [0.05, 0.1) is 6.61 Å². The van der Waals surface area contributed by atoms with E-state index in [1.807, 2.05) is 0 Å². The number of carbonyl (C=O) groups excluding carboxylic acids is 1. The zero-order chi connectivity index (χ0) is 8.69. The molecular weight excluding hydrogens is 168 g/mol. The van der Waals surface area contributed by atoms with Gasteiger partial charge in [-0.05, 0) is 13.8 Å². The molecule has 0 aromatic heterocycles. The van der Waals surface area contributed by atoms with E-state index in [1.54, 1.807) is 6.92 Å². The van der Waals surface area contributed by atoms with E-state index in [2.05, 4.69) is 11.7 Å². The number of rotatable bonds is 5. The summed E-state index contributed by atoms with van der Waals surface area (Å²) in [5, 5.41) is -0.588. The molecule has 4 heteroatoms. The van der Waals surface area contributed by atoms with Crippen LogP contribution in [0.3, 0.4) is 0 Å². The van der Waals surface area contributed by atoms with Crippen molar-refractivity contribution in [1.29, 1.82) is 0 Å². The number of carbonyl (C=O) groups is 1. The predicted molar refractivity (Wildman–Crippen MR) is 42.5 cm³/mol. The Labute approximate surface area is 71.6 Å². The lowest BCUT2D eigenvalue weighted by atomic mass is 10.5. The van der Waals surface area contributed by atoms with Crippen LogP contribution in [0.15, 0.2) is 0 Å². The Hall–Kier alpha value is -0.280. The molecule has 3 nitrogen and oxygen atoms in total. The number of alkyl halides is 1. The van der Waals surface area contributed by atoms with E-state index in [9.17, 15) is 4.79 Å². The fraction of sp³-hybridized carbons (Fsp3) is 0.714. The molecule has 0 rings (SSSR count). The van der Waals surface area contributed by atoms with Crippen molar-refractivity contribution in [2.24, 2.45) is 0 Å². The van der Waals surface area contributed by atoms with Gasteiger partial charge in [0.15, 0.2) is 0 Å². The molecule has 0 aliphatic rings. The molecule has 11 heavy (non-hydrogen) atoms. The Kier molecular flexibility index (Phi) is 6.27. The Bertz CT molecular complexity index is 114. The second-order valence-corrected chi connectivity index (χ2v) is 2.55. The largest absolute Gasteiger partial charge is 0.462 e. The minimum atomic E-state index is -0.588. The second-order valence-electron chi connectivity index (χ2n) is 1.90. The van der Waals surface area contributed by atoms with Crippen LogP contribution in [-0.2, 0) is 14.3 Å². The summed E-state index contributed by atoms with van der Waals surface area (Å²) in [6, 6.07) is 0. The molecule has 0 aliphatic heterocycles. The van der Waals surface area contributed by atoms with Crippen LogP contribution in [0.5, 0.6) is 0 Å². The van der Waals surface area contributed by atoms with Crippen molar-refractivity contribution >= 4 is 17.6 Å². The Morgan fingerprint density at radius 1 is 1.64 bits per heavy atom. The zero-order valence-electron chi connectivity index (χ0n) is 6.51. The summed E-state index contributed by atoms with van der Waals surface area (Å²) in [5.41, 5.74) is 0. The monoisotopic (exact) mass is 179 g/mol. The lowest BCUT2D eigenvalue weighted by molar-refractivity contribution is -0.144. The molecule has 1 unspecified atom stereocenters. The molecule has 0 saturated carbocycles. The molecule has 1 atom stereocenters. The van der Waals surface area contributed by atoms with Gasteiger partial charge >= 0.3 is 5.97 Å². The van der Waals surface area contributed by atoms with E-state index in [1.165, 1.54) is 0 Å². The first-order valence-corrected chi connectivity index (χ1v) is 3.79. The minimum absolute atomic E-state index is 0.241. The van der Waals surface area contributed by atoms with Crippen LogP contribution in [0.2, 0.25) is 0 Å². The highest BCUT2D eigenvalue weighted by molar-refractivity contribution is 6.29. The molecule has 0 aliphatic carbocycles. The Balaban J connectivity index is 3.18. The summed E-state index contributed by atoms with van der Waals surface area (Å²) in [5.74, 6) is -0.417. The zero-order valence-corrected chi connectivity index (χ0v) is 7.26. The average molecular weight is 180 g/mol. The van der Waals surface area contributed by atoms with E-state index < -0.39 is 11.3 Å². The molecule has 0 amide bonds. The molecule has 0 heterocycles. The highest BCUT2D eigenvalue weighted by atomic mass is 35.5. The highest BCUT2D eigenvalue weighted by Gasteiger charge is 2.09. The van der Waals surface area contributed by atoms with E-state index in [-0.39, 0.29) is 6.61 Å². The van der Waals surface area contributed by atoms with Crippen LogP contribution in [0.25, 0.3) is 0 Å². The topological polar surface area (TPSA) is 35.5 Å². The molecule has 0 N–H and O–H groups in total. The van der Waals surface area contributed by atoms with E-state index in [4.69, 9.17) is 16.3 Å². The smallest absolute Gasteiger partial charge is 0.323 e. The molecule has 0 bridgehead atoms. The standard InChI is InChI=1S/C7H12ClO3/c1-3-10-4-5-11-7(9)6(2)8/h6H,1,3-5H2,2H3. The summed E-state index contributed by atoms with van der Waals surface area (Å²) in [4.78, 5) is 10.7. The molecule has 65 valence electrons. The van der Waals surface area contributed by atoms with Crippen LogP contribution >= 0.6 is 11.6 Å². The van der Waals surface area contributed by atoms with Gasteiger partial charge in [0.2, 0.25) is 0 Å². The average Bonchev–Trinajstić information content (AvgIpc) is 1.97. The highest BCUT2D eigenvalue weighted by Crippen LogP contribution is 1.95. The van der Waals surface area contributed by atoms with E-state index >= 15 is 0 Å². The molecule has 1 radical (unpaired) electrons. The molecule has 0 aromatic rings. The SMILES string of the molecule is [CH2]COCCOC(=O)C(C)Cl. The number of hydrogen-bond donors (Lipinski definition) is 0. The first-order chi connectivity index (χ1) is 5.18. The van der Waals surface area contributed by atoms with Crippen molar-refractivity contribution in [3.05, 3.63) is 6.92 Å². The van der Waals surface area contributed by atoms with Crippen molar-refractivity contribution in [3.8, 4) is 0 Å². The van der Waals surface area contributed by atoms with Gasteiger partial charge in [-0.1, -0.05) is 0 Å². The molecule has 0 fully saturated rings. The third-order valence-corrected chi connectivity index (χ3v) is 1.12. The van der Waals surface area contributed by atoms with Gasteiger partial charge in [-0.25, -0.2) is 0 Å². The molecule has 0 saturated heterocycles. The van der Waals surface area contributed by atoms with Crippen molar-refractivity contribution < 1.29 is 14.3 Å². The van der Waals surface area contributed by atoms with Crippen LogP contribution in [-0.4, -0.2) is 31.2 Å². The maximum absolute atomic E-state index is 10.7. The number of esters is 1. The minimum Gasteiger partial charge on any atom is -0.462 e. The van der Waals surface area contributed by atoms with Crippen molar-refractivity contribution in [1.82, 2.24) is 0 Å². The fourth-order valence-electron chi connectivity index (χ4n) is 0.418. The van der Waals surface area contributed by atoms with Gasteiger partial charge < -0.3 is 9.47 Å². The maximum atomic E-state index is 10.7. The number of ether oxygens (including phenoxy) is 2. The lowest BCUT2D eigenvalue weighted by Crippen LogP contribution is -2.17. The van der Waals surface area contributed by atoms with Gasteiger partial charge in [-0.3, -0.25) is 4.79 Å². The van der Waals surface area contributed by atoms with Crippen LogP contribution in [0.4, 0.5) is 0 Å². The fourth-order valence-corrected chi connectivity index (χ4v) is 0.481. The van der Waals surface area contributed by atoms with Gasteiger partial charge in [-0.2, -0.15) is 0 Å². The van der Waals surface area contributed by atoms with Crippen molar-refractivity contribution in [2.75, 3.05) is 19.8 Å². The van der Waals surface area contributed by atoms with Gasteiger partial charge in [0.1, 0.15) is 12.0 Å². The van der Waals surface area contributed by atoms with Gasteiger partial charge in [0, 0.05) is 6.61 Å². The molecular formula is C7H12ClO3. The normalized spacial score (nSPS) is 12.6. The second kappa shape index (κ2) is 6.43. The lowest BCUT2D eigenvalue weighted by Gasteiger charge is -2.04.